The van der Waals surface area contributed by atoms with Crippen molar-refractivity contribution in [3.8, 4) is 11.3 Å². The maximum atomic E-state index is 13.9. The van der Waals surface area contributed by atoms with E-state index < -0.39 is 0 Å². The van der Waals surface area contributed by atoms with E-state index in [1.165, 1.54) is 6.07 Å². The Kier molecular flexibility index (Phi) is 3.75. The van der Waals surface area contributed by atoms with Gasteiger partial charge in [0.05, 0.1) is 17.5 Å². The van der Waals surface area contributed by atoms with E-state index in [-0.39, 0.29) is 17.6 Å². The van der Waals surface area contributed by atoms with E-state index in [2.05, 4.69) is 20.2 Å². The van der Waals surface area contributed by atoms with Crippen LogP contribution in [0.25, 0.3) is 22.3 Å². The Hall–Kier alpha value is -3.48. The van der Waals surface area contributed by atoms with E-state index in [0.29, 0.717) is 29.9 Å². The summed E-state index contributed by atoms with van der Waals surface area (Å²) in [5.41, 5.74) is 4.59. The molecule has 1 saturated heterocycles. The lowest BCUT2D eigenvalue weighted by Crippen LogP contribution is -2.48. The van der Waals surface area contributed by atoms with Crippen molar-refractivity contribution >= 4 is 16.9 Å². The number of H-pyrrole nitrogens is 2. The number of hydrogen-bond acceptors (Lipinski definition) is 3. The molecule has 1 fully saturated rings. The second-order valence-electron chi connectivity index (χ2n) is 7.13. The number of aryl methyl sites for hydroxylation is 1. The third-order valence-electron chi connectivity index (χ3n) is 5.39. The number of amides is 1. The van der Waals surface area contributed by atoms with Gasteiger partial charge in [-0.1, -0.05) is 18.2 Å². The molecule has 5 rings (SSSR count). The number of halogens is 1. The lowest BCUT2D eigenvalue weighted by atomic mass is 9.90. The number of carbonyl (C=O) groups is 1. The molecule has 0 unspecified atom stereocenters. The average Bonchev–Trinajstić information content (AvgIpc) is 3.27. The van der Waals surface area contributed by atoms with E-state index in [0.717, 1.165) is 22.3 Å². The van der Waals surface area contributed by atoms with Crippen LogP contribution in [0.4, 0.5) is 4.39 Å². The topological polar surface area (TPSA) is 77.7 Å². The minimum absolute atomic E-state index is 0.0455. The van der Waals surface area contributed by atoms with Gasteiger partial charge in [0.15, 0.2) is 0 Å². The Morgan fingerprint density at radius 3 is 2.79 bits per heavy atom. The summed E-state index contributed by atoms with van der Waals surface area (Å²) in [5, 5.41) is 7.71. The van der Waals surface area contributed by atoms with E-state index in [4.69, 9.17) is 0 Å². The molecule has 4 aromatic rings. The van der Waals surface area contributed by atoms with Gasteiger partial charge in [-0.05, 0) is 30.7 Å². The summed E-state index contributed by atoms with van der Waals surface area (Å²) in [5.74, 6) is -0.227. The van der Waals surface area contributed by atoms with Crippen molar-refractivity contribution in [2.75, 3.05) is 13.1 Å². The van der Waals surface area contributed by atoms with Crippen LogP contribution in [-0.2, 0) is 0 Å². The molecule has 1 aromatic carbocycles. The van der Waals surface area contributed by atoms with E-state index in [1.807, 2.05) is 25.1 Å². The zero-order valence-electron chi connectivity index (χ0n) is 15.2. The van der Waals surface area contributed by atoms with Crippen molar-refractivity contribution in [1.29, 1.82) is 0 Å². The molecule has 1 aliphatic heterocycles. The number of rotatable bonds is 3. The van der Waals surface area contributed by atoms with Crippen molar-refractivity contribution in [3.05, 3.63) is 71.4 Å². The number of carbonyl (C=O) groups excluding carboxylic acids is 1. The van der Waals surface area contributed by atoms with Gasteiger partial charge in [0.2, 0.25) is 0 Å². The molecule has 0 saturated carbocycles. The molecule has 0 atom stereocenters. The molecule has 3 aromatic heterocycles. The van der Waals surface area contributed by atoms with Crippen LogP contribution in [-0.4, -0.2) is 44.1 Å². The van der Waals surface area contributed by atoms with Crippen molar-refractivity contribution in [3.63, 3.8) is 0 Å². The Balaban J connectivity index is 1.38. The molecule has 28 heavy (non-hydrogen) atoms. The highest BCUT2D eigenvalue weighted by molar-refractivity contribution is 6.06. The summed E-state index contributed by atoms with van der Waals surface area (Å²) in [6.45, 7) is 2.98. The third-order valence-corrected chi connectivity index (χ3v) is 5.39. The van der Waals surface area contributed by atoms with Gasteiger partial charge in [0.1, 0.15) is 11.5 Å². The SMILES string of the molecule is Cc1[nH]ncc1-c1ccc2c(C(=O)N3CC(c4ccccc4F)C3)c[nH]c2n1. The lowest BCUT2D eigenvalue weighted by Gasteiger charge is -2.39. The van der Waals surface area contributed by atoms with Crippen LogP contribution in [0.15, 0.2) is 48.8 Å². The molecule has 140 valence electrons. The van der Waals surface area contributed by atoms with Crippen molar-refractivity contribution < 1.29 is 9.18 Å². The first kappa shape index (κ1) is 16.7. The molecular weight excluding hydrogens is 357 g/mol. The number of hydrogen-bond donors (Lipinski definition) is 2. The molecule has 1 amide bonds. The predicted molar refractivity (Wildman–Crippen MR) is 103 cm³/mol. The summed E-state index contributed by atoms with van der Waals surface area (Å²) in [6.07, 6.45) is 3.43. The number of nitrogens with zero attached hydrogens (tertiary/aromatic N) is 3. The molecule has 4 heterocycles. The Morgan fingerprint density at radius 2 is 2.04 bits per heavy atom. The zero-order valence-corrected chi connectivity index (χ0v) is 15.2. The fourth-order valence-electron chi connectivity index (χ4n) is 3.76. The molecular formula is C21H18FN5O. The summed E-state index contributed by atoms with van der Waals surface area (Å²) in [6, 6.07) is 10.6. The maximum Gasteiger partial charge on any atom is 0.256 e. The molecule has 0 bridgehead atoms. The summed E-state index contributed by atoms with van der Waals surface area (Å²) in [7, 11) is 0. The highest BCUT2D eigenvalue weighted by Crippen LogP contribution is 2.31. The highest BCUT2D eigenvalue weighted by Gasteiger charge is 2.34. The fourth-order valence-corrected chi connectivity index (χ4v) is 3.76. The third kappa shape index (κ3) is 2.58. The van der Waals surface area contributed by atoms with Gasteiger partial charge in [-0.15, -0.1) is 0 Å². The molecule has 7 heteroatoms. The van der Waals surface area contributed by atoms with Crippen molar-refractivity contribution in [2.24, 2.45) is 0 Å². The van der Waals surface area contributed by atoms with Crippen LogP contribution in [0.2, 0.25) is 0 Å². The summed E-state index contributed by atoms with van der Waals surface area (Å²) in [4.78, 5) is 22.4. The second kappa shape index (κ2) is 6.30. The number of nitrogens with one attached hydrogen (secondary N) is 2. The van der Waals surface area contributed by atoms with Gasteiger partial charge in [0.25, 0.3) is 5.91 Å². The number of benzene rings is 1. The van der Waals surface area contributed by atoms with Gasteiger partial charge >= 0.3 is 0 Å². The Morgan fingerprint density at radius 1 is 1.21 bits per heavy atom. The monoisotopic (exact) mass is 375 g/mol. The minimum Gasteiger partial charge on any atom is -0.345 e. The quantitative estimate of drug-likeness (QED) is 0.574. The second-order valence-corrected chi connectivity index (χ2v) is 7.13. The summed E-state index contributed by atoms with van der Waals surface area (Å²) < 4.78 is 13.9. The van der Waals surface area contributed by atoms with E-state index >= 15 is 0 Å². The molecule has 6 nitrogen and oxygen atoms in total. The van der Waals surface area contributed by atoms with Crippen LogP contribution in [0, 0.1) is 12.7 Å². The Labute approximate surface area is 160 Å². The number of aromatic amines is 2. The van der Waals surface area contributed by atoms with Gasteiger partial charge in [0, 0.05) is 41.8 Å². The van der Waals surface area contributed by atoms with Crippen molar-refractivity contribution in [1.82, 2.24) is 25.1 Å². The highest BCUT2D eigenvalue weighted by atomic mass is 19.1. The van der Waals surface area contributed by atoms with Gasteiger partial charge in [-0.3, -0.25) is 9.89 Å². The van der Waals surface area contributed by atoms with Crippen LogP contribution < -0.4 is 0 Å². The van der Waals surface area contributed by atoms with Crippen LogP contribution in [0.1, 0.15) is 27.5 Å². The lowest BCUT2D eigenvalue weighted by molar-refractivity contribution is 0.0601. The standard InChI is InChI=1S/C21H18FN5O/c1-12-16(9-24-26-12)19-7-6-15-17(8-23-20(15)25-19)21(28)27-10-13(11-27)14-4-2-3-5-18(14)22/h2-9,13H,10-11H2,1H3,(H,23,25)(H,24,26). The van der Waals surface area contributed by atoms with Gasteiger partial charge in [-0.2, -0.15) is 5.10 Å². The molecule has 0 spiro atoms. The minimum atomic E-state index is -0.210. The van der Waals surface area contributed by atoms with E-state index in [1.54, 1.807) is 29.4 Å². The fraction of sp³-hybridized carbons (Fsp3) is 0.190. The van der Waals surface area contributed by atoms with Crippen molar-refractivity contribution in [2.45, 2.75) is 12.8 Å². The largest absolute Gasteiger partial charge is 0.345 e. The first-order valence-electron chi connectivity index (χ1n) is 9.14. The van der Waals surface area contributed by atoms with Crippen LogP contribution in [0.3, 0.4) is 0 Å². The smallest absolute Gasteiger partial charge is 0.256 e. The molecule has 0 radical (unpaired) electrons. The molecule has 2 N–H and O–H groups in total. The number of pyridine rings is 1. The Bertz CT molecular complexity index is 1190. The zero-order chi connectivity index (χ0) is 19.3. The van der Waals surface area contributed by atoms with Gasteiger partial charge < -0.3 is 9.88 Å². The molecule has 0 aliphatic carbocycles. The van der Waals surface area contributed by atoms with Crippen LogP contribution in [0.5, 0.6) is 0 Å². The summed E-state index contributed by atoms with van der Waals surface area (Å²) >= 11 is 0. The number of aromatic nitrogens is 4. The van der Waals surface area contributed by atoms with Gasteiger partial charge in [-0.25, -0.2) is 9.37 Å². The normalized spacial score (nSPS) is 14.4. The number of likely N-dealkylation sites (tertiary alicyclic amines) is 1. The first-order valence-corrected chi connectivity index (χ1v) is 9.14. The molecule has 1 aliphatic rings. The maximum absolute atomic E-state index is 13.9. The van der Waals surface area contributed by atoms with Crippen LogP contribution >= 0.6 is 0 Å². The number of fused-ring (bicyclic) bond motifs is 1. The predicted octanol–water partition coefficient (Wildman–Crippen LogP) is 3.64. The average molecular weight is 375 g/mol. The van der Waals surface area contributed by atoms with E-state index in [9.17, 15) is 9.18 Å². The first-order chi connectivity index (χ1) is 13.6.